The zero-order valence-electron chi connectivity index (χ0n) is 17.9. The summed E-state index contributed by atoms with van der Waals surface area (Å²) in [4.78, 5) is 11.9. The van der Waals surface area contributed by atoms with Crippen LogP contribution in [-0.2, 0) is 9.53 Å². The van der Waals surface area contributed by atoms with Crippen LogP contribution in [0.15, 0.2) is 30.5 Å². The number of halogens is 1. The average molecular weight is 418 g/mol. The molecule has 0 saturated carbocycles. The topological polar surface area (TPSA) is 50.1 Å². The van der Waals surface area contributed by atoms with Crippen molar-refractivity contribution in [2.45, 2.75) is 96.8 Å². The molecule has 0 fully saturated rings. The summed E-state index contributed by atoms with van der Waals surface area (Å²) >= 11 is 5.85. The Labute approximate surface area is 182 Å². The molecular weight excluding hydrogens is 382 g/mol. The quantitative estimate of drug-likeness (QED) is 0.118. The molecule has 0 aliphatic carbocycles. The standard InChI is InChI=1S/C25H36ClNO2/c1-2-3-4-5-6-7-8-9-10-11-12-13-14-15-25(28)29-21-23(20-27)22-16-18-24(26)19-17-22/h16-19,21H,2-15H2,1H3. The van der Waals surface area contributed by atoms with Crippen molar-refractivity contribution < 1.29 is 9.53 Å². The number of ether oxygens (including phenoxy) is 1. The lowest BCUT2D eigenvalue weighted by atomic mass is 10.0. The summed E-state index contributed by atoms with van der Waals surface area (Å²) in [5.74, 6) is -0.283. The molecule has 29 heavy (non-hydrogen) atoms. The number of nitrogens with zero attached hydrogens (tertiary/aromatic N) is 1. The highest BCUT2D eigenvalue weighted by Gasteiger charge is 2.05. The van der Waals surface area contributed by atoms with E-state index < -0.39 is 0 Å². The molecule has 0 aliphatic rings. The zero-order chi connectivity index (χ0) is 21.2. The Balaban J connectivity index is 2.02. The molecule has 0 saturated heterocycles. The molecule has 0 amide bonds. The average Bonchev–Trinajstić information content (AvgIpc) is 2.73. The Morgan fingerprint density at radius 3 is 1.86 bits per heavy atom. The molecule has 0 radical (unpaired) electrons. The predicted molar refractivity (Wildman–Crippen MR) is 121 cm³/mol. The number of rotatable bonds is 16. The number of carbonyl (C=O) groups is 1. The first-order valence-electron chi connectivity index (χ1n) is 11.2. The minimum absolute atomic E-state index is 0.283. The predicted octanol–water partition coefficient (Wildman–Crippen LogP) is 8.23. The molecule has 1 aromatic rings. The van der Waals surface area contributed by atoms with Gasteiger partial charge in [0.15, 0.2) is 0 Å². The van der Waals surface area contributed by atoms with Crippen molar-refractivity contribution in [3.8, 4) is 6.07 Å². The Morgan fingerprint density at radius 1 is 0.897 bits per heavy atom. The van der Waals surface area contributed by atoms with E-state index in [9.17, 15) is 10.1 Å². The summed E-state index contributed by atoms with van der Waals surface area (Å²) < 4.78 is 5.13. The first-order chi connectivity index (χ1) is 14.2. The minimum Gasteiger partial charge on any atom is -0.433 e. The molecule has 3 nitrogen and oxygen atoms in total. The van der Waals surface area contributed by atoms with Gasteiger partial charge in [-0.25, -0.2) is 0 Å². The van der Waals surface area contributed by atoms with Gasteiger partial charge >= 0.3 is 5.97 Å². The summed E-state index contributed by atoms with van der Waals surface area (Å²) in [7, 11) is 0. The Kier molecular flexibility index (Phi) is 14.9. The second-order valence-electron chi connectivity index (χ2n) is 7.63. The van der Waals surface area contributed by atoms with Gasteiger partial charge in [-0.15, -0.1) is 0 Å². The lowest BCUT2D eigenvalue weighted by Crippen LogP contribution is -2.00. The Hall–Kier alpha value is -1.79. The van der Waals surface area contributed by atoms with Crippen LogP contribution in [0.25, 0.3) is 5.57 Å². The Bertz CT molecular complexity index is 631. The number of nitriles is 1. The summed E-state index contributed by atoms with van der Waals surface area (Å²) in [6.07, 6.45) is 18.2. The molecule has 4 heteroatoms. The SMILES string of the molecule is CCCCCCCCCCCCCCCC(=O)OC=C(C#N)c1ccc(Cl)cc1. The fourth-order valence-electron chi connectivity index (χ4n) is 3.26. The van der Waals surface area contributed by atoms with Gasteiger partial charge < -0.3 is 4.74 Å². The molecule has 0 bridgehead atoms. The summed E-state index contributed by atoms with van der Waals surface area (Å²) in [6.45, 7) is 2.26. The van der Waals surface area contributed by atoms with E-state index in [1.165, 1.54) is 76.9 Å². The van der Waals surface area contributed by atoms with E-state index in [0.29, 0.717) is 22.6 Å². The maximum atomic E-state index is 11.9. The smallest absolute Gasteiger partial charge is 0.310 e. The second-order valence-corrected chi connectivity index (χ2v) is 8.07. The molecule has 0 spiro atoms. The third-order valence-electron chi connectivity index (χ3n) is 5.07. The van der Waals surface area contributed by atoms with Gasteiger partial charge in [0.1, 0.15) is 12.3 Å². The van der Waals surface area contributed by atoms with Crippen molar-refractivity contribution in [3.63, 3.8) is 0 Å². The largest absolute Gasteiger partial charge is 0.433 e. The Morgan fingerprint density at radius 2 is 1.38 bits per heavy atom. The van der Waals surface area contributed by atoms with E-state index in [-0.39, 0.29) is 5.97 Å². The van der Waals surface area contributed by atoms with Crippen LogP contribution in [-0.4, -0.2) is 5.97 Å². The van der Waals surface area contributed by atoms with Crippen LogP contribution in [0, 0.1) is 11.3 Å². The van der Waals surface area contributed by atoms with Gasteiger partial charge in [0, 0.05) is 11.4 Å². The number of benzene rings is 1. The highest BCUT2D eigenvalue weighted by molar-refractivity contribution is 6.30. The molecule has 1 rings (SSSR count). The minimum atomic E-state index is -0.283. The van der Waals surface area contributed by atoms with Gasteiger partial charge in [0.25, 0.3) is 0 Å². The normalized spacial score (nSPS) is 11.3. The molecule has 0 heterocycles. The van der Waals surface area contributed by atoms with Gasteiger partial charge in [0.05, 0.1) is 5.57 Å². The fourth-order valence-corrected chi connectivity index (χ4v) is 3.39. The van der Waals surface area contributed by atoms with Crippen molar-refractivity contribution in [3.05, 3.63) is 41.1 Å². The molecule has 1 aromatic carbocycles. The van der Waals surface area contributed by atoms with Gasteiger partial charge in [-0.3, -0.25) is 4.79 Å². The van der Waals surface area contributed by atoms with Crippen molar-refractivity contribution >= 4 is 23.1 Å². The molecule has 0 N–H and O–H groups in total. The van der Waals surface area contributed by atoms with E-state index >= 15 is 0 Å². The number of carbonyl (C=O) groups excluding carboxylic acids is 1. The summed E-state index contributed by atoms with van der Waals surface area (Å²) in [6, 6.07) is 8.93. The van der Waals surface area contributed by atoms with E-state index in [0.717, 1.165) is 12.8 Å². The first-order valence-corrected chi connectivity index (χ1v) is 11.6. The first kappa shape index (κ1) is 25.2. The van der Waals surface area contributed by atoms with Crippen LogP contribution in [0.2, 0.25) is 5.02 Å². The number of unbranched alkanes of at least 4 members (excludes halogenated alkanes) is 12. The number of hydrogen-bond donors (Lipinski definition) is 0. The van der Waals surface area contributed by atoms with Crippen molar-refractivity contribution in [1.82, 2.24) is 0 Å². The van der Waals surface area contributed by atoms with Crippen molar-refractivity contribution in [2.75, 3.05) is 0 Å². The fraction of sp³-hybridized carbons (Fsp3) is 0.600. The number of hydrogen-bond acceptors (Lipinski definition) is 3. The lowest BCUT2D eigenvalue weighted by molar-refractivity contribution is -0.138. The van der Waals surface area contributed by atoms with Crippen LogP contribution >= 0.6 is 11.6 Å². The van der Waals surface area contributed by atoms with E-state index in [1.54, 1.807) is 24.3 Å². The maximum absolute atomic E-state index is 11.9. The van der Waals surface area contributed by atoms with Crippen LogP contribution < -0.4 is 0 Å². The molecule has 0 aromatic heterocycles. The molecule has 160 valence electrons. The van der Waals surface area contributed by atoms with E-state index in [1.807, 2.05) is 0 Å². The van der Waals surface area contributed by atoms with Gasteiger partial charge in [0.2, 0.25) is 0 Å². The van der Waals surface area contributed by atoms with E-state index in [4.69, 9.17) is 16.3 Å². The maximum Gasteiger partial charge on any atom is 0.310 e. The second kappa shape index (κ2) is 17.1. The highest BCUT2D eigenvalue weighted by atomic mass is 35.5. The third-order valence-corrected chi connectivity index (χ3v) is 5.32. The lowest BCUT2D eigenvalue weighted by Gasteiger charge is -2.03. The molecule has 0 unspecified atom stereocenters. The zero-order valence-corrected chi connectivity index (χ0v) is 18.7. The summed E-state index contributed by atoms with van der Waals surface area (Å²) in [5, 5.41) is 9.82. The van der Waals surface area contributed by atoms with Gasteiger partial charge in [-0.1, -0.05) is 108 Å². The molecule has 0 aliphatic heterocycles. The van der Waals surface area contributed by atoms with Crippen LogP contribution in [0.1, 0.15) is 102 Å². The van der Waals surface area contributed by atoms with Crippen LogP contribution in [0.3, 0.4) is 0 Å². The van der Waals surface area contributed by atoms with Crippen molar-refractivity contribution in [1.29, 1.82) is 5.26 Å². The monoisotopic (exact) mass is 417 g/mol. The number of allylic oxidation sites excluding steroid dienone is 1. The highest BCUT2D eigenvalue weighted by Crippen LogP contribution is 2.17. The van der Waals surface area contributed by atoms with Gasteiger partial charge in [-0.2, -0.15) is 5.26 Å². The third kappa shape index (κ3) is 13.1. The van der Waals surface area contributed by atoms with Gasteiger partial charge in [-0.05, 0) is 24.1 Å². The molecule has 0 atom stereocenters. The summed E-state index contributed by atoms with van der Waals surface area (Å²) in [5.41, 5.74) is 1.01. The van der Waals surface area contributed by atoms with Crippen LogP contribution in [0.5, 0.6) is 0 Å². The van der Waals surface area contributed by atoms with Crippen LogP contribution in [0.4, 0.5) is 0 Å². The molecular formula is C25H36ClNO2. The van der Waals surface area contributed by atoms with E-state index in [2.05, 4.69) is 13.0 Å². The van der Waals surface area contributed by atoms with Crippen molar-refractivity contribution in [2.24, 2.45) is 0 Å². The number of esters is 1.